The van der Waals surface area contributed by atoms with Crippen LogP contribution in [0, 0.1) is 0 Å². The summed E-state index contributed by atoms with van der Waals surface area (Å²) in [6.07, 6.45) is 0.957. The van der Waals surface area contributed by atoms with Gasteiger partial charge in [-0.3, -0.25) is 4.79 Å². The molecule has 0 radical (unpaired) electrons. The van der Waals surface area contributed by atoms with Crippen molar-refractivity contribution < 1.29 is 14.4 Å². The summed E-state index contributed by atoms with van der Waals surface area (Å²) in [7, 11) is 0. The van der Waals surface area contributed by atoms with Crippen LogP contribution < -0.4 is 10.2 Å². The summed E-state index contributed by atoms with van der Waals surface area (Å²) in [5.74, 6) is -0.0869. The van der Waals surface area contributed by atoms with Crippen LogP contribution in [0.2, 0.25) is 0 Å². The molecule has 2 aromatic heterocycles. The second-order valence-electron chi connectivity index (χ2n) is 6.86. The molecule has 146 valence electrons. The number of nitrogens with zero attached hydrogens (tertiary/aromatic N) is 2. The van der Waals surface area contributed by atoms with Crippen molar-refractivity contribution in [2.24, 2.45) is 0 Å². The van der Waals surface area contributed by atoms with E-state index in [9.17, 15) is 4.79 Å². The second-order valence-corrected chi connectivity index (χ2v) is 7.81. The Bertz CT molecular complexity index is 887. The zero-order valence-corrected chi connectivity index (χ0v) is 16.6. The predicted molar refractivity (Wildman–Crippen MR) is 110 cm³/mol. The van der Waals surface area contributed by atoms with Crippen molar-refractivity contribution in [2.45, 2.75) is 6.42 Å². The third-order valence-corrected chi connectivity index (χ3v) is 5.80. The van der Waals surface area contributed by atoms with Crippen LogP contribution in [0.4, 0.5) is 0 Å². The number of hydrogen-bond donors (Lipinski definition) is 2. The van der Waals surface area contributed by atoms with Crippen LogP contribution in [-0.2, 0) is 4.74 Å². The van der Waals surface area contributed by atoms with Gasteiger partial charge in [-0.2, -0.15) is 5.10 Å². The lowest BCUT2D eigenvalue weighted by molar-refractivity contribution is -0.908. The van der Waals surface area contributed by atoms with Gasteiger partial charge in [0.2, 0.25) is 0 Å². The Balaban J connectivity index is 1.45. The number of carbonyl (C=O) groups is 1. The minimum absolute atomic E-state index is 0.0869. The standard InChI is InChI=1S/C21H24N4O2S/c26-21(22-9-5-10-24-11-13-27-14-12-24)19-16-18(20-8-4-15-28-20)23-25(19)17-6-2-1-3-7-17/h1-4,6-8,15-16H,5,9-14H2,(H,22,26)/p+1. The smallest absolute Gasteiger partial charge is 0.270 e. The number of ether oxygens (including phenoxy) is 1. The molecule has 0 spiro atoms. The van der Waals surface area contributed by atoms with Crippen molar-refractivity contribution >= 4 is 17.2 Å². The fourth-order valence-electron chi connectivity index (χ4n) is 3.39. The molecule has 0 saturated carbocycles. The fourth-order valence-corrected chi connectivity index (χ4v) is 4.08. The van der Waals surface area contributed by atoms with E-state index in [-0.39, 0.29) is 5.91 Å². The number of nitrogens with one attached hydrogen (secondary N) is 2. The molecule has 1 aromatic carbocycles. The monoisotopic (exact) mass is 397 g/mol. The van der Waals surface area contributed by atoms with Crippen LogP contribution in [-0.4, -0.2) is 55.1 Å². The van der Waals surface area contributed by atoms with Crippen molar-refractivity contribution in [2.75, 3.05) is 39.4 Å². The first kappa shape index (κ1) is 18.9. The molecule has 4 rings (SSSR count). The molecular weight excluding hydrogens is 372 g/mol. The van der Waals surface area contributed by atoms with Crippen LogP contribution in [0.5, 0.6) is 0 Å². The Morgan fingerprint density at radius 3 is 2.75 bits per heavy atom. The summed E-state index contributed by atoms with van der Waals surface area (Å²) in [6, 6.07) is 15.7. The van der Waals surface area contributed by atoms with Gasteiger partial charge in [0, 0.05) is 13.0 Å². The van der Waals surface area contributed by atoms with Crippen molar-refractivity contribution in [3.8, 4) is 16.3 Å². The molecule has 0 bridgehead atoms. The summed E-state index contributed by atoms with van der Waals surface area (Å²) >= 11 is 1.62. The molecule has 1 saturated heterocycles. The molecule has 1 amide bonds. The number of morpholine rings is 1. The summed E-state index contributed by atoms with van der Waals surface area (Å²) in [6.45, 7) is 5.50. The van der Waals surface area contributed by atoms with Gasteiger partial charge in [-0.25, -0.2) is 4.68 Å². The summed E-state index contributed by atoms with van der Waals surface area (Å²) in [5, 5.41) is 9.78. The van der Waals surface area contributed by atoms with E-state index in [1.807, 2.05) is 53.9 Å². The van der Waals surface area contributed by atoms with E-state index in [4.69, 9.17) is 9.84 Å². The highest BCUT2D eigenvalue weighted by Crippen LogP contribution is 2.25. The number of quaternary nitrogens is 1. The lowest BCUT2D eigenvalue weighted by Gasteiger charge is -2.23. The van der Waals surface area contributed by atoms with Gasteiger partial charge in [-0.1, -0.05) is 24.3 Å². The fraction of sp³-hybridized carbons (Fsp3) is 0.333. The van der Waals surface area contributed by atoms with Gasteiger partial charge in [0.25, 0.3) is 5.91 Å². The largest absolute Gasteiger partial charge is 0.370 e. The highest BCUT2D eigenvalue weighted by molar-refractivity contribution is 7.13. The van der Waals surface area contributed by atoms with Crippen LogP contribution in [0.3, 0.4) is 0 Å². The summed E-state index contributed by atoms with van der Waals surface area (Å²) in [5.41, 5.74) is 2.27. The highest BCUT2D eigenvalue weighted by atomic mass is 32.1. The van der Waals surface area contributed by atoms with Crippen LogP contribution in [0.25, 0.3) is 16.3 Å². The first-order valence-corrected chi connectivity index (χ1v) is 10.6. The zero-order chi connectivity index (χ0) is 19.2. The topological polar surface area (TPSA) is 60.6 Å². The number of amides is 1. The molecule has 2 N–H and O–H groups in total. The molecule has 7 heteroatoms. The van der Waals surface area contributed by atoms with Gasteiger partial charge in [-0.05, 0) is 29.6 Å². The van der Waals surface area contributed by atoms with E-state index in [1.54, 1.807) is 20.9 Å². The Hall–Kier alpha value is -2.48. The molecule has 28 heavy (non-hydrogen) atoms. The van der Waals surface area contributed by atoms with Crippen LogP contribution in [0.1, 0.15) is 16.9 Å². The van der Waals surface area contributed by atoms with Gasteiger partial charge in [-0.15, -0.1) is 11.3 Å². The molecule has 1 aliphatic rings. The maximum absolute atomic E-state index is 12.9. The van der Waals surface area contributed by atoms with E-state index in [2.05, 4.69) is 5.32 Å². The van der Waals surface area contributed by atoms with Crippen molar-refractivity contribution in [1.82, 2.24) is 15.1 Å². The summed E-state index contributed by atoms with van der Waals surface area (Å²) < 4.78 is 7.12. The Kier molecular flexibility index (Phi) is 6.16. The number of para-hydroxylation sites is 1. The number of thiophene rings is 1. The van der Waals surface area contributed by atoms with E-state index in [0.29, 0.717) is 12.2 Å². The average Bonchev–Trinajstić information content (AvgIpc) is 3.42. The molecule has 0 unspecified atom stereocenters. The minimum Gasteiger partial charge on any atom is -0.370 e. The Labute approximate surface area is 168 Å². The highest BCUT2D eigenvalue weighted by Gasteiger charge is 2.18. The first-order valence-electron chi connectivity index (χ1n) is 9.70. The zero-order valence-electron chi connectivity index (χ0n) is 15.8. The molecule has 1 fully saturated rings. The second kappa shape index (κ2) is 9.14. The van der Waals surface area contributed by atoms with E-state index >= 15 is 0 Å². The van der Waals surface area contributed by atoms with Gasteiger partial charge < -0.3 is 15.0 Å². The number of hydrogen-bond acceptors (Lipinski definition) is 4. The van der Waals surface area contributed by atoms with Crippen LogP contribution >= 0.6 is 11.3 Å². The van der Waals surface area contributed by atoms with Crippen LogP contribution in [0.15, 0.2) is 53.9 Å². The number of carbonyl (C=O) groups excluding carboxylic acids is 1. The maximum Gasteiger partial charge on any atom is 0.270 e. The Morgan fingerprint density at radius 1 is 1.18 bits per heavy atom. The number of rotatable bonds is 7. The van der Waals surface area contributed by atoms with Crippen molar-refractivity contribution in [1.29, 1.82) is 0 Å². The van der Waals surface area contributed by atoms with Gasteiger partial charge >= 0.3 is 0 Å². The van der Waals surface area contributed by atoms with Gasteiger partial charge in [0.05, 0.1) is 30.3 Å². The van der Waals surface area contributed by atoms with E-state index < -0.39 is 0 Å². The molecule has 3 heterocycles. The summed E-state index contributed by atoms with van der Waals surface area (Å²) in [4.78, 5) is 15.5. The molecule has 1 aliphatic heterocycles. The van der Waals surface area contributed by atoms with Crippen molar-refractivity contribution in [3.63, 3.8) is 0 Å². The molecule has 3 aromatic rings. The first-order chi connectivity index (χ1) is 13.8. The van der Waals surface area contributed by atoms with E-state index in [1.165, 1.54) is 0 Å². The molecule has 0 aliphatic carbocycles. The molecular formula is C21H25N4O2S+. The lowest BCUT2D eigenvalue weighted by atomic mass is 10.2. The third-order valence-electron chi connectivity index (χ3n) is 4.91. The van der Waals surface area contributed by atoms with E-state index in [0.717, 1.165) is 55.5 Å². The normalized spacial score (nSPS) is 14.9. The SMILES string of the molecule is O=C(NCCC[NH+]1CCOCC1)c1cc(-c2cccs2)nn1-c1ccccc1. The third kappa shape index (κ3) is 4.49. The average molecular weight is 398 g/mol. The minimum atomic E-state index is -0.0869. The van der Waals surface area contributed by atoms with Crippen molar-refractivity contribution in [3.05, 3.63) is 59.6 Å². The number of aromatic nitrogens is 2. The maximum atomic E-state index is 12.9. The van der Waals surface area contributed by atoms with Gasteiger partial charge in [0.1, 0.15) is 24.5 Å². The Morgan fingerprint density at radius 2 is 2.00 bits per heavy atom. The molecule has 0 atom stereocenters. The number of benzene rings is 1. The lowest BCUT2D eigenvalue weighted by Crippen LogP contribution is -3.14. The predicted octanol–water partition coefficient (Wildman–Crippen LogP) is 1.64. The van der Waals surface area contributed by atoms with Gasteiger partial charge in [0.15, 0.2) is 0 Å². The quantitative estimate of drug-likeness (QED) is 0.596. The molecule has 6 nitrogen and oxygen atoms in total.